The molecular weight excluding hydrogens is 306 g/mol. The summed E-state index contributed by atoms with van der Waals surface area (Å²) in [5.41, 5.74) is 0.705. The molecule has 1 saturated heterocycles. The van der Waals surface area contributed by atoms with E-state index in [0.29, 0.717) is 12.3 Å². The number of benzene rings is 1. The predicted octanol–water partition coefficient (Wildman–Crippen LogP) is 1.19. The summed E-state index contributed by atoms with van der Waals surface area (Å²) in [4.78, 5) is 16.7. The minimum Gasteiger partial charge on any atom is -0.487 e. The van der Waals surface area contributed by atoms with Crippen LogP contribution in [0.25, 0.3) is 0 Å². The second-order valence-corrected chi connectivity index (χ2v) is 6.10. The highest BCUT2D eigenvalue weighted by Crippen LogP contribution is 2.13. The second kappa shape index (κ2) is 7.44. The van der Waals surface area contributed by atoms with Gasteiger partial charge >= 0.3 is 0 Å². The maximum atomic E-state index is 12.6. The van der Waals surface area contributed by atoms with Gasteiger partial charge in [0.15, 0.2) is 0 Å². The molecule has 0 bridgehead atoms. The zero-order chi connectivity index (χ0) is 16.9. The lowest BCUT2D eigenvalue weighted by Crippen LogP contribution is -2.49. The van der Waals surface area contributed by atoms with Crippen LogP contribution in [0.3, 0.4) is 0 Å². The van der Waals surface area contributed by atoms with Crippen molar-refractivity contribution in [1.82, 2.24) is 24.8 Å². The Balaban J connectivity index is 1.57. The SMILES string of the molecule is CC(C(=O)N1CCN(C)CC1)n1cc(COc2ccccc2)nn1. The number of amides is 1. The molecule has 1 aliphatic rings. The topological polar surface area (TPSA) is 63.5 Å². The highest BCUT2D eigenvalue weighted by Gasteiger charge is 2.25. The number of aromatic nitrogens is 3. The zero-order valence-corrected chi connectivity index (χ0v) is 14.1. The molecule has 7 nitrogen and oxygen atoms in total. The number of ether oxygens (including phenoxy) is 1. The predicted molar refractivity (Wildman–Crippen MR) is 89.6 cm³/mol. The first-order valence-corrected chi connectivity index (χ1v) is 8.19. The van der Waals surface area contributed by atoms with E-state index in [4.69, 9.17) is 4.74 Å². The van der Waals surface area contributed by atoms with Crippen LogP contribution in [-0.2, 0) is 11.4 Å². The molecule has 0 saturated carbocycles. The molecule has 1 aromatic heterocycles. The fourth-order valence-corrected chi connectivity index (χ4v) is 2.65. The maximum absolute atomic E-state index is 12.6. The normalized spacial score (nSPS) is 16.8. The highest BCUT2D eigenvalue weighted by molar-refractivity contribution is 5.80. The number of hydrogen-bond donors (Lipinski definition) is 0. The van der Waals surface area contributed by atoms with Crippen molar-refractivity contribution in [1.29, 1.82) is 0 Å². The monoisotopic (exact) mass is 329 g/mol. The fraction of sp³-hybridized carbons (Fsp3) is 0.471. The van der Waals surface area contributed by atoms with Gasteiger partial charge in [-0.3, -0.25) is 4.79 Å². The maximum Gasteiger partial charge on any atom is 0.247 e. The molecule has 2 heterocycles. The average molecular weight is 329 g/mol. The Bertz CT molecular complexity index is 665. The Kier molecular flexibility index (Phi) is 5.10. The van der Waals surface area contributed by atoms with Gasteiger partial charge in [-0.15, -0.1) is 5.10 Å². The first-order chi connectivity index (χ1) is 11.6. The zero-order valence-electron chi connectivity index (χ0n) is 14.1. The van der Waals surface area contributed by atoms with E-state index in [1.54, 1.807) is 10.9 Å². The van der Waals surface area contributed by atoms with Gasteiger partial charge in [-0.2, -0.15) is 0 Å². The summed E-state index contributed by atoms with van der Waals surface area (Å²) in [7, 11) is 2.07. The lowest BCUT2D eigenvalue weighted by atomic mass is 10.2. The number of hydrogen-bond acceptors (Lipinski definition) is 5. The van der Waals surface area contributed by atoms with Gasteiger partial charge in [0.25, 0.3) is 0 Å². The minimum atomic E-state index is -0.355. The van der Waals surface area contributed by atoms with E-state index in [1.807, 2.05) is 42.2 Å². The van der Waals surface area contributed by atoms with Crippen LogP contribution in [0.15, 0.2) is 36.5 Å². The summed E-state index contributed by atoms with van der Waals surface area (Å²) >= 11 is 0. The van der Waals surface area contributed by atoms with Crippen molar-refractivity contribution in [3.63, 3.8) is 0 Å². The van der Waals surface area contributed by atoms with Gasteiger partial charge < -0.3 is 14.5 Å². The molecule has 1 amide bonds. The fourth-order valence-electron chi connectivity index (χ4n) is 2.65. The molecule has 3 rings (SSSR count). The van der Waals surface area contributed by atoms with Gasteiger partial charge in [-0.05, 0) is 26.1 Å². The summed E-state index contributed by atoms with van der Waals surface area (Å²) in [6, 6.07) is 9.21. The van der Waals surface area contributed by atoms with Gasteiger partial charge in [0.1, 0.15) is 24.1 Å². The van der Waals surface area contributed by atoms with Crippen LogP contribution in [0.1, 0.15) is 18.7 Å². The number of carbonyl (C=O) groups is 1. The number of likely N-dealkylation sites (N-methyl/N-ethyl adjacent to an activating group) is 1. The Morgan fingerprint density at radius 2 is 1.92 bits per heavy atom. The lowest BCUT2D eigenvalue weighted by molar-refractivity contribution is -0.136. The third kappa shape index (κ3) is 3.91. The summed E-state index contributed by atoms with van der Waals surface area (Å²) in [5.74, 6) is 0.872. The van der Waals surface area contributed by atoms with Gasteiger partial charge in [-0.25, -0.2) is 4.68 Å². The third-order valence-electron chi connectivity index (χ3n) is 4.26. The number of carbonyl (C=O) groups excluding carboxylic acids is 1. The number of nitrogens with zero attached hydrogens (tertiary/aromatic N) is 5. The van der Waals surface area contributed by atoms with Crippen molar-refractivity contribution < 1.29 is 9.53 Å². The standard InChI is InChI=1S/C17H23N5O2/c1-14(17(23)21-10-8-20(2)9-11-21)22-12-15(18-19-22)13-24-16-6-4-3-5-7-16/h3-7,12,14H,8-11,13H2,1-2H3. The average Bonchev–Trinajstić information content (AvgIpc) is 3.09. The van der Waals surface area contributed by atoms with Crippen molar-refractivity contribution in [3.8, 4) is 5.75 Å². The van der Waals surface area contributed by atoms with Crippen LogP contribution in [-0.4, -0.2) is 63.9 Å². The molecule has 0 aliphatic carbocycles. The van der Waals surface area contributed by atoms with Gasteiger partial charge in [-0.1, -0.05) is 23.4 Å². The Hall–Kier alpha value is -2.41. The van der Waals surface area contributed by atoms with Gasteiger partial charge in [0.2, 0.25) is 5.91 Å². The van der Waals surface area contributed by atoms with Crippen LogP contribution in [0.4, 0.5) is 0 Å². The quantitative estimate of drug-likeness (QED) is 0.824. The van der Waals surface area contributed by atoms with E-state index in [2.05, 4.69) is 22.3 Å². The molecule has 0 N–H and O–H groups in total. The van der Waals surface area contributed by atoms with E-state index in [0.717, 1.165) is 31.9 Å². The summed E-state index contributed by atoms with van der Waals surface area (Å²) < 4.78 is 7.27. The van der Waals surface area contributed by atoms with Crippen molar-refractivity contribution in [2.45, 2.75) is 19.6 Å². The molecular formula is C17H23N5O2. The number of para-hydroxylation sites is 1. The first kappa shape index (κ1) is 16.4. The number of rotatable bonds is 5. The molecule has 0 radical (unpaired) electrons. The van der Waals surface area contributed by atoms with Crippen molar-refractivity contribution in [2.75, 3.05) is 33.2 Å². The van der Waals surface area contributed by atoms with Crippen molar-refractivity contribution in [2.24, 2.45) is 0 Å². The van der Waals surface area contributed by atoms with E-state index in [9.17, 15) is 4.79 Å². The summed E-state index contributed by atoms with van der Waals surface area (Å²) in [6.07, 6.45) is 1.78. The molecule has 2 aromatic rings. The number of piperazine rings is 1. The Morgan fingerprint density at radius 1 is 1.21 bits per heavy atom. The van der Waals surface area contributed by atoms with Gasteiger partial charge in [0, 0.05) is 26.2 Å². The largest absolute Gasteiger partial charge is 0.487 e. The van der Waals surface area contributed by atoms with Gasteiger partial charge in [0.05, 0.1) is 6.20 Å². The summed E-state index contributed by atoms with van der Waals surface area (Å²) in [5, 5.41) is 8.19. The van der Waals surface area contributed by atoms with E-state index in [1.165, 1.54) is 0 Å². The molecule has 1 atom stereocenters. The molecule has 7 heteroatoms. The second-order valence-electron chi connectivity index (χ2n) is 6.10. The van der Waals surface area contributed by atoms with Crippen LogP contribution in [0.5, 0.6) is 5.75 Å². The van der Waals surface area contributed by atoms with E-state index < -0.39 is 0 Å². The highest BCUT2D eigenvalue weighted by atomic mass is 16.5. The third-order valence-corrected chi connectivity index (χ3v) is 4.26. The molecule has 1 fully saturated rings. The van der Waals surface area contributed by atoms with Crippen LogP contribution >= 0.6 is 0 Å². The molecule has 1 aliphatic heterocycles. The Labute approximate surface area is 141 Å². The van der Waals surface area contributed by atoms with E-state index in [-0.39, 0.29) is 11.9 Å². The van der Waals surface area contributed by atoms with Crippen molar-refractivity contribution in [3.05, 3.63) is 42.2 Å². The lowest BCUT2D eigenvalue weighted by Gasteiger charge is -2.33. The molecule has 1 unspecified atom stereocenters. The molecule has 128 valence electrons. The van der Waals surface area contributed by atoms with Crippen molar-refractivity contribution >= 4 is 5.91 Å². The van der Waals surface area contributed by atoms with Crippen LogP contribution < -0.4 is 4.74 Å². The van der Waals surface area contributed by atoms with Crippen LogP contribution in [0, 0.1) is 0 Å². The smallest absolute Gasteiger partial charge is 0.247 e. The first-order valence-electron chi connectivity index (χ1n) is 8.19. The van der Waals surface area contributed by atoms with E-state index >= 15 is 0 Å². The molecule has 1 aromatic carbocycles. The molecule has 0 spiro atoms. The van der Waals surface area contributed by atoms with Crippen LogP contribution in [0.2, 0.25) is 0 Å². The molecule has 24 heavy (non-hydrogen) atoms. The minimum absolute atomic E-state index is 0.0866. The Morgan fingerprint density at radius 3 is 2.62 bits per heavy atom. The summed E-state index contributed by atoms with van der Waals surface area (Å²) in [6.45, 7) is 5.53.